The van der Waals surface area contributed by atoms with Gasteiger partial charge in [-0.1, -0.05) is 57.2 Å². The van der Waals surface area contributed by atoms with E-state index in [1.165, 1.54) is 5.56 Å². The summed E-state index contributed by atoms with van der Waals surface area (Å²) < 4.78 is 0. The molecule has 0 bridgehead atoms. The minimum absolute atomic E-state index is 0.0696. The molecular weight excluding hydrogens is 372 g/mol. The summed E-state index contributed by atoms with van der Waals surface area (Å²) in [5.41, 5.74) is 6.82. The summed E-state index contributed by atoms with van der Waals surface area (Å²) in [4.78, 5) is 24.5. The standard InChI is InChI=1S/C25H26N4O/c1-16-13-21-22(27-15-28-23(21)29-16)18-7-5-17(6-8-18)14-26-24(30)19-9-11-20(12-10-19)25(2,3)4/h5-13,15H,14H2,1-4H3,(H,26,30)(H,27,28,29). The number of rotatable bonds is 4. The molecule has 0 aliphatic rings. The maximum absolute atomic E-state index is 12.5. The minimum atomic E-state index is -0.0696. The molecule has 2 aromatic heterocycles. The fourth-order valence-corrected chi connectivity index (χ4v) is 3.49. The Labute approximate surface area is 176 Å². The highest BCUT2D eigenvalue weighted by Crippen LogP contribution is 2.26. The van der Waals surface area contributed by atoms with E-state index in [2.05, 4.69) is 47.1 Å². The van der Waals surface area contributed by atoms with Crippen LogP contribution in [0.25, 0.3) is 22.3 Å². The number of nitrogens with zero attached hydrogens (tertiary/aromatic N) is 2. The Morgan fingerprint density at radius 2 is 1.70 bits per heavy atom. The molecule has 5 heteroatoms. The Bertz CT molecular complexity index is 1180. The van der Waals surface area contributed by atoms with Gasteiger partial charge in [-0.05, 0) is 41.7 Å². The molecule has 5 nitrogen and oxygen atoms in total. The average Bonchev–Trinajstić information content (AvgIpc) is 3.12. The van der Waals surface area contributed by atoms with Crippen LogP contribution >= 0.6 is 0 Å². The van der Waals surface area contributed by atoms with Crippen LogP contribution in [0.5, 0.6) is 0 Å². The van der Waals surface area contributed by atoms with Gasteiger partial charge in [-0.2, -0.15) is 0 Å². The lowest BCUT2D eigenvalue weighted by atomic mass is 9.87. The summed E-state index contributed by atoms with van der Waals surface area (Å²) >= 11 is 0. The highest BCUT2D eigenvalue weighted by Gasteiger charge is 2.14. The van der Waals surface area contributed by atoms with E-state index in [1.807, 2.05) is 55.5 Å². The lowest BCUT2D eigenvalue weighted by Gasteiger charge is -2.19. The molecule has 2 aromatic carbocycles. The number of aromatic amines is 1. The molecule has 0 radical (unpaired) electrons. The van der Waals surface area contributed by atoms with Gasteiger partial charge in [0.15, 0.2) is 0 Å². The highest BCUT2D eigenvalue weighted by atomic mass is 16.1. The molecule has 152 valence electrons. The van der Waals surface area contributed by atoms with E-state index in [0.717, 1.165) is 33.5 Å². The van der Waals surface area contributed by atoms with E-state index >= 15 is 0 Å². The third-order valence-corrected chi connectivity index (χ3v) is 5.25. The summed E-state index contributed by atoms with van der Waals surface area (Å²) in [6.07, 6.45) is 1.58. The van der Waals surface area contributed by atoms with Crippen LogP contribution in [0.1, 0.15) is 48.0 Å². The first-order valence-electron chi connectivity index (χ1n) is 10.1. The molecule has 0 atom stereocenters. The van der Waals surface area contributed by atoms with Gasteiger partial charge >= 0.3 is 0 Å². The first-order valence-corrected chi connectivity index (χ1v) is 10.1. The number of aromatic nitrogens is 3. The number of amides is 1. The number of hydrogen-bond acceptors (Lipinski definition) is 3. The van der Waals surface area contributed by atoms with Gasteiger partial charge in [-0.15, -0.1) is 0 Å². The van der Waals surface area contributed by atoms with Crippen molar-refractivity contribution in [3.8, 4) is 11.3 Å². The Hall–Kier alpha value is -3.47. The molecule has 0 spiro atoms. The first kappa shape index (κ1) is 19.8. The van der Waals surface area contributed by atoms with Gasteiger partial charge in [0.05, 0.1) is 5.69 Å². The lowest BCUT2D eigenvalue weighted by molar-refractivity contribution is 0.0951. The quantitative estimate of drug-likeness (QED) is 0.499. The SMILES string of the molecule is Cc1cc2c(-c3ccc(CNC(=O)c4ccc(C(C)(C)C)cc4)cc3)ncnc2[nH]1. The van der Waals surface area contributed by atoms with E-state index in [4.69, 9.17) is 0 Å². The molecular formula is C25H26N4O. The molecule has 0 aliphatic heterocycles. The van der Waals surface area contributed by atoms with Crippen molar-refractivity contribution in [3.05, 3.63) is 83.3 Å². The van der Waals surface area contributed by atoms with E-state index in [1.54, 1.807) is 6.33 Å². The Kier molecular flexibility index (Phi) is 5.12. The molecule has 0 aliphatic carbocycles. The molecule has 30 heavy (non-hydrogen) atoms. The zero-order valence-corrected chi connectivity index (χ0v) is 17.8. The molecule has 2 heterocycles. The summed E-state index contributed by atoms with van der Waals surface area (Å²) in [6, 6.07) is 18.0. The fraction of sp³-hybridized carbons (Fsp3) is 0.240. The summed E-state index contributed by atoms with van der Waals surface area (Å²) in [5.74, 6) is -0.0696. The van der Waals surface area contributed by atoms with E-state index < -0.39 is 0 Å². The number of fused-ring (bicyclic) bond motifs is 1. The first-order chi connectivity index (χ1) is 14.3. The second-order valence-electron chi connectivity index (χ2n) is 8.64. The van der Waals surface area contributed by atoms with Crippen molar-refractivity contribution in [2.75, 3.05) is 0 Å². The van der Waals surface area contributed by atoms with Crippen molar-refractivity contribution in [3.63, 3.8) is 0 Å². The average molecular weight is 399 g/mol. The number of carbonyl (C=O) groups excluding carboxylic acids is 1. The van der Waals surface area contributed by atoms with Crippen molar-refractivity contribution < 1.29 is 4.79 Å². The molecule has 4 aromatic rings. The van der Waals surface area contributed by atoms with Crippen molar-refractivity contribution >= 4 is 16.9 Å². The molecule has 0 unspecified atom stereocenters. The summed E-state index contributed by atoms with van der Waals surface area (Å²) in [6.45, 7) is 8.97. The van der Waals surface area contributed by atoms with Crippen molar-refractivity contribution in [2.24, 2.45) is 0 Å². The van der Waals surface area contributed by atoms with Gasteiger partial charge in [0.2, 0.25) is 0 Å². The molecule has 0 fully saturated rings. The molecule has 0 saturated heterocycles. The number of carbonyl (C=O) groups is 1. The largest absolute Gasteiger partial charge is 0.348 e. The van der Waals surface area contributed by atoms with Crippen molar-refractivity contribution in [1.29, 1.82) is 0 Å². The number of nitrogens with one attached hydrogen (secondary N) is 2. The summed E-state index contributed by atoms with van der Waals surface area (Å²) in [7, 11) is 0. The predicted molar refractivity (Wildman–Crippen MR) is 120 cm³/mol. The highest BCUT2D eigenvalue weighted by molar-refractivity contribution is 5.94. The molecule has 4 rings (SSSR count). The maximum atomic E-state index is 12.5. The zero-order chi connectivity index (χ0) is 21.3. The summed E-state index contributed by atoms with van der Waals surface area (Å²) in [5, 5.41) is 4.01. The van der Waals surface area contributed by atoms with E-state index in [9.17, 15) is 4.79 Å². The van der Waals surface area contributed by atoms with Crippen molar-refractivity contribution in [1.82, 2.24) is 20.3 Å². The third kappa shape index (κ3) is 4.10. The van der Waals surface area contributed by atoms with Gasteiger partial charge in [0.25, 0.3) is 5.91 Å². The van der Waals surface area contributed by atoms with Gasteiger partial charge in [-0.3, -0.25) is 4.79 Å². The minimum Gasteiger partial charge on any atom is -0.348 e. The van der Waals surface area contributed by atoms with Crippen LogP contribution in [0, 0.1) is 6.92 Å². The van der Waals surface area contributed by atoms with Gasteiger partial charge < -0.3 is 10.3 Å². The van der Waals surface area contributed by atoms with Gasteiger partial charge in [0.1, 0.15) is 12.0 Å². The van der Waals surface area contributed by atoms with Crippen LogP contribution in [-0.4, -0.2) is 20.9 Å². The number of hydrogen-bond donors (Lipinski definition) is 2. The Morgan fingerprint density at radius 3 is 2.37 bits per heavy atom. The zero-order valence-electron chi connectivity index (χ0n) is 17.8. The predicted octanol–water partition coefficient (Wildman–Crippen LogP) is 5.16. The van der Waals surface area contributed by atoms with Crippen LogP contribution in [0.4, 0.5) is 0 Å². The number of aryl methyl sites for hydroxylation is 1. The lowest BCUT2D eigenvalue weighted by Crippen LogP contribution is -2.23. The van der Waals surface area contributed by atoms with Crippen LogP contribution in [-0.2, 0) is 12.0 Å². The normalized spacial score (nSPS) is 11.6. The van der Waals surface area contributed by atoms with E-state index in [0.29, 0.717) is 12.1 Å². The molecule has 0 saturated carbocycles. The topological polar surface area (TPSA) is 70.7 Å². The Morgan fingerprint density at radius 1 is 1.00 bits per heavy atom. The van der Waals surface area contributed by atoms with Crippen LogP contribution in [0.15, 0.2) is 60.9 Å². The second-order valence-corrected chi connectivity index (χ2v) is 8.64. The van der Waals surface area contributed by atoms with Crippen LogP contribution in [0.3, 0.4) is 0 Å². The molecule has 2 N–H and O–H groups in total. The molecule has 1 amide bonds. The van der Waals surface area contributed by atoms with Crippen LogP contribution < -0.4 is 5.32 Å². The second kappa shape index (κ2) is 7.75. The van der Waals surface area contributed by atoms with Gasteiger partial charge in [-0.25, -0.2) is 9.97 Å². The Balaban J connectivity index is 1.44. The monoisotopic (exact) mass is 398 g/mol. The smallest absolute Gasteiger partial charge is 0.251 e. The number of benzene rings is 2. The maximum Gasteiger partial charge on any atom is 0.251 e. The van der Waals surface area contributed by atoms with Gasteiger partial charge in [0, 0.05) is 28.8 Å². The number of H-pyrrole nitrogens is 1. The fourth-order valence-electron chi connectivity index (χ4n) is 3.49. The van der Waals surface area contributed by atoms with E-state index in [-0.39, 0.29) is 11.3 Å². The van der Waals surface area contributed by atoms with Crippen LogP contribution in [0.2, 0.25) is 0 Å². The van der Waals surface area contributed by atoms with Crippen molar-refractivity contribution in [2.45, 2.75) is 39.7 Å². The third-order valence-electron chi connectivity index (χ3n) is 5.25.